The molecule has 2 aromatic carbocycles. The van der Waals surface area contributed by atoms with E-state index in [4.69, 9.17) is 24.4 Å². The smallest absolute Gasteiger partial charge is 0.337 e. The standard InChI is InChI=1S/C27H28N6O5/c1-36-25(34)20-4-8-22(9-5-20)29-27(35)28-21-6-2-18(3-7-21)23-30-24(19-10-14-37-15-11-19)32-26(31-23)33-12-16-38-17-13-33/h2-10H,11-17H2,1H3,(H2,28,29,35). The number of benzene rings is 2. The Morgan fingerprint density at radius 1 is 0.842 bits per heavy atom. The molecule has 2 aliphatic heterocycles. The van der Waals surface area contributed by atoms with Crippen LogP contribution in [0.1, 0.15) is 22.6 Å². The molecule has 0 saturated carbocycles. The van der Waals surface area contributed by atoms with Crippen molar-refractivity contribution in [2.75, 3.05) is 62.2 Å². The maximum absolute atomic E-state index is 12.5. The summed E-state index contributed by atoms with van der Waals surface area (Å²) < 4.78 is 15.6. The van der Waals surface area contributed by atoms with Gasteiger partial charge in [0.25, 0.3) is 0 Å². The van der Waals surface area contributed by atoms with Crippen LogP contribution in [-0.2, 0) is 14.2 Å². The van der Waals surface area contributed by atoms with E-state index in [1.807, 2.05) is 18.2 Å². The fourth-order valence-electron chi connectivity index (χ4n) is 4.08. The fraction of sp³-hybridized carbons (Fsp3) is 0.296. The Labute approximate surface area is 219 Å². The van der Waals surface area contributed by atoms with Crippen molar-refractivity contribution in [2.24, 2.45) is 0 Å². The van der Waals surface area contributed by atoms with Crippen LogP contribution in [0.4, 0.5) is 22.1 Å². The van der Waals surface area contributed by atoms with E-state index in [0.717, 1.165) is 17.6 Å². The van der Waals surface area contributed by atoms with Crippen LogP contribution in [0.3, 0.4) is 0 Å². The van der Waals surface area contributed by atoms with Crippen LogP contribution in [0.25, 0.3) is 17.0 Å². The molecule has 0 aliphatic carbocycles. The van der Waals surface area contributed by atoms with Crippen molar-refractivity contribution in [2.45, 2.75) is 6.42 Å². The summed E-state index contributed by atoms with van der Waals surface area (Å²) in [6, 6.07) is 13.3. The number of amides is 2. The number of hydrogen-bond donors (Lipinski definition) is 2. The molecule has 196 valence electrons. The average molecular weight is 517 g/mol. The van der Waals surface area contributed by atoms with Crippen molar-refractivity contribution in [3.8, 4) is 11.4 Å². The van der Waals surface area contributed by atoms with Gasteiger partial charge in [-0.15, -0.1) is 0 Å². The number of hydrogen-bond acceptors (Lipinski definition) is 9. The molecule has 0 bridgehead atoms. The van der Waals surface area contributed by atoms with Crippen LogP contribution in [0.15, 0.2) is 54.6 Å². The van der Waals surface area contributed by atoms with Crippen molar-refractivity contribution in [1.82, 2.24) is 15.0 Å². The van der Waals surface area contributed by atoms with Crippen LogP contribution >= 0.6 is 0 Å². The molecule has 5 rings (SSSR count). The molecule has 1 aromatic heterocycles. The first-order valence-electron chi connectivity index (χ1n) is 12.3. The molecular formula is C27H28N6O5. The Bertz CT molecular complexity index is 1320. The lowest BCUT2D eigenvalue weighted by molar-refractivity contribution is 0.0600. The van der Waals surface area contributed by atoms with E-state index >= 15 is 0 Å². The van der Waals surface area contributed by atoms with E-state index in [1.54, 1.807) is 36.4 Å². The van der Waals surface area contributed by atoms with Gasteiger partial charge in [-0.05, 0) is 60.5 Å². The SMILES string of the molecule is COC(=O)c1ccc(NC(=O)Nc2ccc(-c3nc(C4=CCOCC4)nc(N4CCOCC4)n3)cc2)cc1. The second-order valence-corrected chi connectivity index (χ2v) is 8.66. The number of aromatic nitrogens is 3. The van der Waals surface area contributed by atoms with Gasteiger partial charge in [-0.2, -0.15) is 9.97 Å². The van der Waals surface area contributed by atoms with Crippen LogP contribution in [0.2, 0.25) is 0 Å². The van der Waals surface area contributed by atoms with Crippen molar-refractivity contribution in [1.29, 1.82) is 0 Å². The van der Waals surface area contributed by atoms with E-state index < -0.39 is 12.0 Å². The first kappa shape index (κ1) is 25.3. The summed E-state index contributed by atoms with van der Waals surface area (Å²) in [6.45, 7) is 3.87. The highest BCUT2D eigenvalue weighted by molar-refractivity contribution is 6.00. The second-order valence-electron chi connectivity index (χ2n) is 8.66. The number of urea groups is 1. The second kappa shape index (κ2) is 11.8. The Balaban J connectivity index is 1.31. The predicted molar refractivity (Wildman–Crippen MR) is 142 cm³/mol. The zero-order valence-electron chi connectivity index (χ0n) is 21.0. The van der Waals surface area contributed by atoms with Crippen LogP contribution in [0, 0.1) is 0 Å². The normalized spacial score (nSPS) is 15.4. The molecule has 1 fully saturated rings. The highest BCUT2D eigenvalue weighted by Gasteiger charge is 2.19. The van der Waals surface area contributed by atoms with Crippen molar-refractivity contribution < 1.29 is 23.8 Å². The summed E-state index contributed by atoms with van der Waals surface area (Å²) >= 11 is 0. The minimum absolute atomic E-state index is 0.403. The minimum Gasteiger partial charge on any atom is -0.465 e. The number of nitrogens with zero attached hydrogens (tertiary/aromatic N) is 4. The van der Waals surface area contributed by atoms with E-state index in [9.17, 15) is 9.59 Å². The minimum atomic E-state index is -0.437. The van der Waals surface area contributed by atoms with Crippen molar-refractivity contribution in [3.63, 3.8) is 0 Å². The molecule has 0 radical (unpaired) electrons. The van der Waals surface area contributed by atoms with Crippen molar-refractivity contribution in [3.05, 3.63) is 66.0 Å². The van der Waals surface area contributed by atoms with Gasteiger partial charge < -0.3 is 29.7 Å². The third-order valence-corrected chi connectivity index (χ3v) is 6.13. The summed E-state index contributed by atoms with van der Waals surface area (Å²) in [6.07, 6.45) is 2.76. The van der Waals surface area contributed by atoms with Gasteiger partial charge in [0.2, 0.25) is 5.95 Å². The number of methoxy groups -OCH3 is 1. The largest absolute Gasteiger partial charge is 0.465 e. The Hall–Kier alpha value is -4.35. The van der Waals surface area contributed by atoms with Crippen LogP contribution in [0.5, 0.6) is 0 Å². The third kappa shape index (κ3) is 6.13. The number of anilines is 3. The molecule has 2 amide bonds. The van der Waals surface area contributed by atoms with Gasteiger partial charge in [-0.1, -0.05) is 6.08 Å². The van der Waals surface area contributed by atoms with Crippen LogP contribution < -0.4 is 15.5 Å². The zero-order chi connectivity index (χ0) is 26.3. The molecule has 0 unspecified atom stereocenters. The lowest BCUT2D eigenvalue weighted by Gasteiger charge is -2.27. The summed E-state index contributed by atoms with van der Waals surface area (Å²) in [5.41, 5.74) is 3.40. The van der Waals surface area contributed by atoms with Gasteiger partial charge in [0.05, 0.1) is 39.1 Å². The molecule has 1 saturated heterocycles. The first-order chi connectivity index (χ1) is 18.6. The molecular weight excluding hydrogens is 488 g/mol. The third-order valence-electron chi connectivity index (χ3n) is 6.13. The van der Waals surface area contributed by atoms with Gasteiger partial charge in [0, 0.05) is 30.0 Å². The Kier molecular flexibility index (Phi) is 7.86. The predicted octanol–water partition coefficient (Wildman–Crippen LogP) is 3.61. The number of rotatable bonds is 6. The number of nitrogens with one attached hydrogen (secondary N) is 2. The number of esters is 1. The van der Waals surface area contributed by atoms with Gasteiger partial charge >= 0.3 is 12.0 Å². The van der Waals surface area contributed by atoms with Gasteiger partial charge in [-0.25, -0.2) is 14.6 Å². The highest BCUT2D eigenvalue weighted by atomic mass is 16.5. The molecule has 11 heteroatoms. The molecule has 2 aliphatic rings. The summed E-state index contributed by atoms with van der Waals surface area (Å²) in [7, 11) is 1.32. The van der Waals surface area contributed by atoms with Gasteiger partial charge in [0.1, 0.15) is 0 Å². The number of carbonyl (C=O) groups is 2. The zero-order valence-corrected chi connectivity index (χ0v) is 21.0. The quantitative estimate of drug-likeness (QED) is 0.472. The molecule has 2 N–H and O–H groups in total. The highest BCUT2D eigenvalue weighted by Crippen LogP contribution is 2.25. The van der Waals surface area contributed by atoms with E-state index in [0.29, 0.717) is 74.1 Å². The Morgan fingerprint density at radius 3 is 2.13 bits per heavy atom. The fourth-order valence-corrected chi connectivity index (χ4v) is 4.08. The molecule has 0 atom stereocenters. The van der Waals surface area contributed by atoms with Crippen molar-refractivity contribution >= 4 is 34.9 Å². The van der Waals surface area contributed by atoms with Gasteiger partial charge in [-0.3, -0.25) is 0 Å². The molecule has 3 aromatic rings. The average Bonchev–Trinajstić information content (AvgIpc) is 2.98. The number of carbonyl (C=O) groups excluding carboxylic acids is 2. The number of morpholine rings is 1. The molecule has 0 spiro atoms. The molecule has 38 heavy (non-hydrogen) atoms. The summed E-state index contributed by atoms with van der Waals surface area (Å²) in [5, 5.41) is 5.55. The lowest BCUT2D eigenvalue weighted by Crippen LogP contribution is -2.37. The maximum atomic E-state index is 12.5. The Morgan fingerprint density at radius 2 is 1.50 bits per heavy atom. The number of ether oxygens (including phenoxy) is 3. The van der Waals surface area contributed by atoms with E-state index in [2.05, 4.69) is 20.3 Å². The van der Waals surface area contributed by atoms with Crippen LogP contribution in [-0.4, -0.2) is 73.6 Å². The van der Waals surface area contributed by atoms with E-state index in [1.165, 1.54) is 7.11 Å². The van der Waals surface area contributed by atoms with Gasteiger partial charge in [0.15, 0.2) is 11.6 Å². The van der Waals surface area contributed by atoms with E-state index in [-0.39, 0.29) is 0 Å². The molecule has 3 heterocycles. The summed E-state index contributed by atoms with van der Waals surface area (Å²) in [4.78, 5) is 40.4. The summed E-state index contributed by atoms with van der Waals surface area (Å²) in [5.74, 6) is 1.40. The molecule has 11 nitrogen and oxygen atoms in total. The maximum Gasteiger partial charge on any atom is 0.337 e. The monoisotopic (exact) mass is 516 g/mol. The first-order valence-corrected chi connectivity index (χ1v) is 12.3. The topological polar surface area (TPSA) is 128 Å². The lowest BCUT2D eigenvalue weighted by atomic mass is 10.1.